The molecule has 0 aliphatic heterocycles. The average molecular weight is 230 g/mol. The van der Waals surface area contributed by atoms with Gasteiger partial charge >= 0.3 is 5.97 Å². The summed E-state index contributed by atoms with van der Waals surface area (Å²) in [6, 6.07) is 1.21. The molecule has 0 bridgehead atoms. The molecule has 0 aromatic heterocycles. The van der Waals surface area contributed by atoms with E-state index >= 15 is 0 Å². The summed E-state index contributed by atoms with van der Waals surface area (Å²) in [4.78, 5) is 10.7. The van der Waals surface area contributed by atoms with Crippen LogP contribution in [0, 0.1) is 0 Å². The van der Waals surface area contributed by atoms with E-state index in [1.165, 1.54) is 18.5 Å². The van der Waals surface area contributed by atoms with Crippen LogP contribution in [0.1, 0.15) is 26.2 Å². The molecule has 1 unspecified atom stereocenters. The lowest BCUT2D eigenvalue weighted by molar-refractivity contribution is -0.137. The minimum atomic E-state index is -0.903. The minimum absolute atomic E-state index is 0.327. The second kappa shape index (κ2) is 9.92. The first-order valence-corrected chi connectivity index (χ1v) is 8.05. The molecule has 3 nitrogen and oxygen atoms in total. The molecule has 0 saturated carbocycles. The average Bonchev–Trinajstić information content (AvgIpc) is 2.23. The highest BCUT2D eigenvalue weighted by molar-refractivity contribution is 6.50. The fourth-order valence-electron chi connectivity index (χ4n) is 1.31. The Labute approximate surface area is 94.2 Å². The molecular weight excluding hydrogens is 208 g/mol. The summed E-state index contributed by atoms with van der Waals surface area (Å²) in [5.74, 6) is -0.327. The van der Waals surface area contributed by atoms with Crippen molar-refractivity contribution in [2.75, 3.05) is 13.2 Å². The lowest BCUT2D eigenvalue weighted by atomic mass is 10.3. The smallest absolute Gasteiger partial charge is 0.330 e. The maximum Gasteiger partial charge on any atom is 0.330 e. The van der Waals surface area contributed by atoms with Crippen molar-refractivity contribution in [2.24, 2.45) is 0 Å². The number of hydrogen-bond donors (Lipinski definition) is 0. The third-order valence-electron chi connectivity index (χ3n) is 2.12. The van der Waals surface area contributed by atoms with Crippen LogP contribution in [0.5, 0.6) is 0 Å². The molecule has 0 aliphatic carbocycles. The van der Waals surface area contributed by atoms with Gasteiger partial charge in [-0.3, -0.25) is 0 Å². The molecule has 0 aromatic carbocycles. The molecule has 0 N–H and O–H groups in total. The second-order valence-corrected chi connectivity index (χ2v) is 6.02. The van der Waals surface area contributed by atoms with Crippen LogP contribution in [0.3, 0.4) is 0 Å². The highest BCUT2D eigenvalue weighted by Gasteiger charge is 2.02. The van der Waals surface area contributed by atoms with E-state index in [9.17, 15) is 4.79 Å². The van der Waals surface area contributed by atoms with Gasteiger partial charge in [0, 0.05) is 12.7 Å². The van der Waals surface area contributed by atoms with Gasteiger partial charge in [0.2, 0.25) is 0 Å². The highest BCUT2D eigenvalue weighted by atomic mass is 28.3. The molecule has 0 amide bonds. The van der Waals surface area contributed by atoms with E-state index in [0.29, 0.717) is 6.61 Å². The van der Waals surface area contributed by atoms with Crippen LogP contribution >= 0.6 is 0 Å². The summed E-state index contributed by atoms with van der Waals surface area (Å²) in [7, 11) is -0.903. The van der Waals surface area contributed by atoms with Crippen molar-refractivity contribution in [3.63, 3.8) is 0 Å². The first-order valence-electron chi connectivity index (χ1n) is 5.61. The summed E-state index contributed by atoms with van der Waals surface area (Å²) in [5.41, 5.74) is 0. The Morgan fingerprint density at radius 1 is 1.40 bits per heavy atom. The predicted octanol–water partition coefficient (Wildman–Crippen LogP) is 2.28. The van der Waals surface area contributed by atoms with Gasteiger partial charge in [-0.1, -0.05) is 19.4 Å². The van der Waals surface area contributed by atoms with Crippen molar-refractivity contribution in [1.82, 2.24) is 0 Å². The molecule has 0 radical (unpaired) electrons. The van der Waals surface area contributed by atoms with Crippen LogP contribution in [0.15, 0.2) is 12.7 Å². The summed E-state index contributed by atoms with van der Waals surface area (Å²) in [6.45, 7) is 8.94. The Kier molecular flexibility index (Phi) is 9.52. The number of carbonyl (C=O) groups is 1. The van der Waals surface area contributed by atoms with Gasteiger partial charge in [0.15, 0.2) is 9.04 Å². The Morgan fingerprint density at radius 2 is 2.13 bits per heavy atom. The van der Waals surface area contributed by atoms with Crippen molar-refractivity contribution in [3.8, 4) is 0 Å². The Bertz CT molecular complexity index is 183. The summed E-state index contributed by atoms with van der Waals surface area (Å²) in [5, 5.41) is 0. The fraction of sp³-hybridized carbons (Fsp3) is 0.727. The van der Waals surface area contributed by atoms with Gasteiger partial charge in [0.1, 0.15) is 0 Å². The molecule has 0 fully saturated rings. The lowest BCUT2D eigenvalue weighted by Gasteiger charge is -2.09. The van der Waals surface area contributed by atoms with Crippen LogP contribution in [-0.4, -0.2) is 28.2 Å². The first-order chi connectivity index (χ1) is 7.20. The van der Waals surface area contributed by atoms with E-state index in [4.69, 9.17) is 9.16 Å². The van der Waals surface area contributed by atoms with E-state index in [-0.39, 0.29) is 5.97 Å². The number of ether oxygens (including phenoxy) is 1. The molecule has 4 heteroatoms. The van der Waals surface area contributed by atoms with Gasteiger partial charge < -0.3 is 9.16 Å². The van der Waals surface area contributed by atoms with Crippen molar-refractivity contribution < 1.29 is 14.0 Å². The van der Waals surface area contributed by atoms with Crippen molar-refractivity contribution in [3.05, 3.63) is 12.7 Å². The minimum Gasteiger partial charge on any atom is -0.463 e. The normalized spacial score (nSPS) is 12.1. The standard InChI is InChI=1S/C11H22O3Si/c1-4-11(12)13-9-7-6-8-10-15(3)14-5-2/h4,15H,1,5-10H2,2-3H3. The molecule has 0 aromatic rings. The van der Waals surface area contributed by atoms with Gasteiger partial charge in [0.25, 0.3) is 0 Å². The van der Waals surface area contributed by atoms with Crippen LogP contribution in [0.25, 0.3) is 0 Å². The van der Waals surface area contributed by atoms with Crippen molar-refractivity contribution >= 4 is 15.0 Å². The summed E-state index contributed by atoms with van der Waals surface area (Å²) < 4.78 is 10.4. The zero-order chi connectivity index (χ0) is 11.5. The third kappa shape index (κ3) is 9.69. The van der Waals surface area contributed by atoms with Crippen LogP contribution in [-0.2, 0) is 14.0 Å². The fourth-order valence-corrected chi connectivity index (χ4v) is 2.91. The lowest BCUT2D eigenvalue weighted by Crippen LogP contribution is -2.12. The Balaban J connectivity index is 3.17. The number of hydrogen-bond acceptors (Lipinski definition) is 3. The maximum atomic E-state index is 10.7. The number of carbonyl (C=O) groups excluding carboxylic acids is 1. The van der Waals surface area contributed by atoms with Gasteiger partial charge in [0.05, 0.1) is 6.61 Å². The largest absolute Gasteiger partial charge is 0.463 e. The SMILES string of the molecule is C=CC(=O)OCCCCC[SiH](C)OCC. The van der Waals surface area contributed by atoms with Crippen molar-refractivity contribution in [2.45, 2.75) is 38.8 Å². The van der Waals surface area contributed by atoms with Gasteiger partial charge in [-0.05, 0) is 25.9 Å². The Hall–Kier alpha value is -0.613. The number of unbranched alkanes of at least 4 members (excludes halogenated alkanes) is 2. The molecule has 0 rings (SSSR count). The Morgan fingerprint density at radius 3 is 2.73 bits per heavy atom. The second-order valence-electron chi connectivity index (χ2n) is 3.49. The summed E-state index contributed by atoms with van der Waals surface area (Å²) >= 11 is 0. The molecule has 0 spiro atoms. The van der Waals surface area contributed by atoms with Crippen LogP contribution in [0.4, 0.5) is 0 Å². The van der Waals surface area contributed by atoms with E-state index in [1.807, 2.05) is 6.92 Å². The molecule has 0 heterocycles. The third-order valence-corrected chi connectivity index (χ3v) is 4.24. The van der Waals surface area contributed by atoms with E-state index < -0.39 is 9.04 Å². The van der Waals surface area contributed by atoms with E-state index in [2.05, 4.69) is 13.1 Å². The quantitative estimate of drug-likeness (QED) is 0.264. The van der Waals surface area contributed by atoms with Crippen LogP contribution < -0.4 is 0 Å². The van der Waals surface area contributed by atoms with E-state index in [0.717, 1.165) is 19.4 Å². The molecule has 0 saturated heterocycles. The number of rotatable bonds is 9. The van der Waals surface area contributed by atoms with Crippen LogP contribution in [0.2, 0.25) is 12.6 Å². The van der Waals surface area contributed by atoms with Gasteiger partial charge in [-0.2, -0.15) is 0 Å². The topological polar surface area (TPSA) is 35.5 Å². The van der Waals surface area contributed by atoms with Gasteiger partial charge in [-0.15, -0.1) is 0 Å². The van der Waals surface area contributed by atoms with Gasteiger partial charge in [-0.25, -0.2) is 4.79 Å². The van der Waals surface area contributed by atoms with Crippen molar-refractivity contribution in [1.29, 1.82) is 0 Å². The highest BCUT2D eigenvalue weighted by Crippen LogP contribution is 2.05. The zero-order valence-electron chi connectivity index (χ0n) is 9.83. The molecule has 15 heavy (non-hydrogen) atoms. The monoisotopic (exact) mass is 230 g/mol. The molecular formula is C11H22O3Si. The maximum absolute atomic E-state index is 10.7. The molecule has 88 valence electrons. The number of esters is 1. The molecule has 0 aliphatic rings. The summed E-state index contributed by atoms with van der Waals surface area (Å²) in [6.07, 6.45) is 4.42. The zero-order valence-corrected chi connectivity index (χ0v) is 11.0. The predicted molar refractivity (Wildman–Crippen MR) is 64.5 cm³/mol. The molecule has 1 atom stereocenters. The first kappa shape index (κ1) is 14.4. The van der Waals surface area contributed by atoms with E-state index in [1.54, 1.807) is 0 Å².